The van der Waals surface area contributed by atoms with Gasteiger partial charge in [-0.15, -0.1) is 0 Å². The van der Waals surface area contributed by atoms with Crippen molar-refractivity contribution >= 4 is 5.97 Å². The van der Waals surface area contributed by atoms with Gasteiger partial charge >= 0.3 is 5.97 Å². The zero-order valence-electron chi connectivity index (χ0n) is 47.8. The number of hydrogen-bond acceptors (Lipinski definition) is 14. The third kappa shape index (κ3) is 36.1. The Labute approximate surface area is 474 Å². The molecular formula is C65H102O14. The van der Waals surface area contributed by atoms with E-state index in [-0.39, 0.29) is 19.6 Å². The standard InChI is InChI=1S/C65H102O14/c1-3-5-7-9-11-13-15-17-19-21-23-25-27-28-30-32-34-36-38-40-42-44-46-48-57(67)77-54(51-74-49-47-45-43-41-39-37-35-33-31-29-26-24-22-20-18-16-14-12-10-8-6-4-2)52-75-64-63(73)61(71)59(69)56(79-64)53-76-65-62(72)60(70)58(68)55(50-66)78-65/h5-8,11-14,17-20,23-26,28,30-31,33-34,36,40,42,54-56,58-66,68-73H,3-4,9-10,15-16,21-22,27,29,32,35,37-39,41,43-53H2,1-2H3/b7-5-,8-6-,13-11-,14-12-,19-17-,20-18-,25-23-,26-24-,30-28-,33-31-,36-34-,42-40-. The SMILES string of the molecule is CC/C=C\C/C=C\C/C=C\C/C=C\C/C=C\C/C=C\C/C=C\CCCC(=O)OC(COCCCCCCCC/C=C\C/C=C\C/C=C\C/C=C\C/C=C\CC)COC1OC(COC2OC(CO)C(O)C(O)C2O)C(O)C(O)C1O. The van der Waals surface area contributed by atoms with Crippen LogP contribution in [0.2, 0.25) is 0 Å². The molecule has 0 aromatic heterocycles. The average Bonchev–Trinajstić information content (AvgIpc) is 3.46. The monoisotopic (exact) mass is 1110 g/mol. The number of ether oxygens (including phenoxy) is 6. The fraction of sp³-hybridized carbons (Fsp3) is 0.615. The Bertz CT molecular complexity index is 1860. The van der Waals surface area contributed by atoms with Crippen LogP contribution in [0.5, 0.6) is 0 Å². The van der Waals surface area contributed by atoms with Crippen LogP contribution < -0.4 is 0 Å². The number of carbonyl (C=O) groups is 1. The van der Waals surface area contributed by atoms with Gasteiger partial charge < -0.3 is 64.2 Å². The zero-order valence-corrected chi connectivity index (χ0v) is 47.8. The van der Waals surface area contributed by atoms with Crippen LogP contribution in [-0.4, -0.2) is 142 Å². The molecule has 14 nitrogen and oxygen atoms in total. The van der Waals surface area contributed by atoms with Gasteiger partial charge in [0.25, 0.3) is 0 Å². The van der Waals surface area contributed by atoms with Crippen molar-refractivity contribution in [2.45, 2.75) is 223 Å². The smallest absolute Gasteiger partial charge is 0.306 e. The molecule has 0 aromatic carbocycles. The van der Waals surface area contributed by atoms with Gasteiger partial charge in [-0.2, -0.15) is 0 Å². The van der Waals surface area contributed by atoms with E-state index in [2.05, 4.69) is 154 Å². The molecule has 0 aromatic rings. The fourth-order valence-electron chi connectivity index (χ4n) is 8.18. The first-order valence-corrected chi connectivity index (χ1v) is 29.4. The van der Waals surface area contributed by atoms with Crippen molar-refractivity contribution in [2.24, 2.45) is 0 Å². The Morgan fingerprint density at radius 2 is 0.785 bits per heavy atom. The summed E-state index contributed by atoms with van der Waals surface area (Å²) >= 11 is 0. The molecule has 0 spiro atoms. The Hall–Kier alpha value is -4.13. The summed E-state index contributed by atoms with van der Waals surface area (Å²) in [6.45, 7) is 3.31. The van der Waals surface area contributed by atoms with E-state index in [4.69, 9.17) is 28.4 Å². The lowest BCUT2D eigenvalue weighted by Crippen LogP contribution is -2.61. The first-order chi connectivity index (χ1) is 38.6. The summed E-state index contributed by atoms with van der Waals surface area (Å²) in [7, 11) is 0. The van der Waals surface area contributed by atoms with Crippen molar-refractivity contribution in [3.63, 3.8) is 0 Å². The number of hydrogen-bond donors (Lipinski definition) is 7. The number of esters is 1. The number of allylic oxidation sites excluding steroid dienone is 24. The first-order valence-electron chi connectivity index (χ1n) is 29.4. The van der Waals surface area contributed by atoms with Crippen molar-refractivity contribution in [3.05, 3.63) is 146 Å². The van der Waals surface area contributed by atoms with Crippen LogP contribution in [0.3, 0.4) is 0 Å². The van der Waals surface area contributed by atoms with Crippen molar-refractivity contribution < 1.29 is 69.0 Å². The summed E-state index contributed by atoms with van der Waals surface area (Å²) in [5.41, 5.74) is 0. The van der Waals surface area contributed by atoms with Crippen LogP contribution in [0.4, 0.5) is 0 Å². The van der Waals surface area contributed by atoms with Crippen molar-refractivity contribution in [1.82, 2.24) is 0 Å². The molecule has 11 unspecified atom stereocenters. The van der Waals surface area contributed by atoms with E-state index in [1.54, 1.807) is 0 Å². The maximum absolute atomic E-state index is 13.1. The molecule has 7 N–H and O–H groups in total. The molecule has 2 saturated heterocycles. The Balaban J connectivity index is 1.77. The molecule has 446 valence electrons. The van der Waals surface area contributed by atoms with E-state index in [1.807, 2.05) is 6.08 Å². The third-order valence-electron chi connectivity index (χ3n) is 12.8. The molecule has 2 aliphatic rings. The van der Waals surface area contributed by atoms with E-state index in [0.717, 1.165) is 122 Å². The highest BCUT2D eigenvalue weighted by Crippen LogP contribution is 2.26. The molecule has 0 saturated carbocycles. The number of aliphatic hydroxyl groups excluding tert-OH is 7. The van der Waals surface area contributed by atoms with Crippen LogP contribution in [0.15, 0.2) is 146 Å². The highest BCUT2D eigenvalue weighted by molar-refractivity contribution is 5.69. The molecule has 0 bridgehead atoms. The second kappa shape index (κ2) is 49.7. The van der Waals surface area contributed by atoms with E-state index in [9.17, 15) is 40.5 Å². The summed E-state index contributed by atoms with van der Waals surface area (Å²) in [5, 5.41) is 72.4. The Morgan fingerprint density at radius 1 is 0.418 bits per heavy atom. The van der Waals surface area contributed by atoms with Gasteiger partial charge in [0.2, 0.25) is 0 Å². The number of rotatable bonds is 45. The Kier molecular flexibility index (Phi) is 44.6. The van der Waals surface area contributed by atoms with Crippen LogP contribution in [0.25, 0.3) is 0 Å². The van der Waals surface area contributed by atoms with Gasteiger partial charge in [-0.25, -0.2) is 0 Å². The molecule has 0 aliphatic carbocycles. The third-order valence-corrected chi connectivity index (χ3v) is 12.8. The van der Waals surface area contributed by atoms with Gasteiger partial charge in [0, 0.05) is 13.0 Å². The second-order valence-electron chi connectivity index (χ2n) is 19.7. The van der Waals surface area contributed by atoms with E-state index in [0.29, 0.717) is 19.4 Å². The summed E-state index contributed by atoms with van der Waals surface area (Å²) in [6, 6.07) is 0. The van der Waals surface area contributed by atoms with Gasteiger partial charge in [-0.1, -0.05) is 185 Å². The van der Waals surface area contributed by atoms with Crippen LogP contribution in [-0.2, 0) is 33.2 Å². The molecule has 14 heteroatoms. The molecule has 2 rings (SSSR count). The van der Waals surface area contributed by atoms with Crippen molar-refractivity contribution in [2.75, 3.05) is 33.0 Å². The van der Waals surface area contributed by atoms with Crippen molar-refractivity contribution in [3.8, 4) is 0 Å². The van der Waals surface area contributed by atoms with Crippen LogP contribution >= 0.6 is 0 Å². The predicted octanol–water partition coefficient (Wildman–Crippen LogP) is 10.9. The quantitative estimate of drug-likeness (QED) is 0.0172. The van der Waals surface area contributed by atoms with E-state index in [1.165, 1.54) is 0 Å². The topological polar surface area (TPSA) is 214 Å². The highest BCUT2D eigenvalue weighted by Gasteiger charge is 2.47. The predicted molar refractivity (Wildman–Crippen MR) is 316 cm³/mol. The van der Waals surface area contributed by atoms with Gasteiger partial charge in [0.1, 0.15) is 54.9 Å². The number of unbranched alkanes of at least 4 members (excludes halogenated alkanes) is 7. The maximum Gasteiger partial charge on any atom is 0.306 e. The first kappa shape index (κ1) is 71.0. The molecule has 11 atom stereocenters. The second-order valence-corrected chi connectivity index (χ2v) is 19.7. The van der Waals surface area contributed by atoms with Crippen LogP contribution in [0.1, 0.15) is 155 Å². The fourth-order valence-corrected chi connectivity index (χ4v) is 8.18. The summed E-state index contributed by atoms with van der Waals surface area (Å²) in [6.07, 6.45) is 56.2. The minimum atomic E-state index is -1.73. The molecule has 0 amide bonds. The van der Waals surface area contributed by atoms with E-state index < -0.39 is 86.7 Å². The summed E-state index contributed by atoms with van der Waals surface area (Å²) in [5.74, 6) is -0.446. The zero-order chi connectivity index (χ0) is 57.2. The summed E-state index contributed by atoms with van der Waals surface area (Å²) < 4.78 is 34.3. The number of aliphatic hydroxyl groups is 7. The molecule has 0 radical (unpaired) electrons. The minimum Gasteiger partial charge on any atom is -0.457 e. The average molecular weight is 1110 g/mol. The molecular weight excluding hydrogens is 1000 g/mol. The molecule has 79 heavy (non-hydrogen) atoms. The van der Waals surface area contributed by atoms with Crippen LogP contribution in [0, 0.1) is 0 Å². The Morgan fingerprint density at radius 3 is 1.23 bits per heavy atom. The normalized spacial score (nSPS) is 25.1. The van der Waals surface area contributed by atoms with Gasteiger partial charge in [0.15, 0.2) is 12.6 Å². The maximum atomic E-state index is 13.1. The van der Waals surface area contributed by atoms with Crippen molar-refractivity contribution in [1.29, 1.82) is 0 Å². The molecule has 2 fully saturated rings. The molecule has 2 aliphatic heterocycles. The minimum absolute atomic E-state index is 0.0164. The van der Waals surface area contributed by atoms with Gasteiger partial charge in [-0.05, 0) is 109 Å². The highest BCUT2D eigenvalue weighted by atomic mass is 16.7. The lowest BCUT2D eigenvalue weighted by molar-refractivity contribution is -0.332. The number of carbonyl (C=O) groups excluding carboxylic acids is 1. The molecule has 2 heterocycles. The van der Waals surface area contributed by atoms with E-state index >= 15 is 0 Å². The lowest BCUT2D eigenvalue weighted by atomic mass is 9.98. The van der Waals surface area contributed by atoms with Gasteiger partial charge in [0.05, 0.1) is 26.4 Å². The lowest BCUT2D eigenvalue weighted by Gasteiger charge is -2.42. The van der Waals surface area contributed by atoms with Gasteiger partial charge in [-0.3, -0.25) is 4.79 Å². The summed E-state index contributed by atoms with van der Waals surface area (Å²) in [4.78, 5) is 13.1. The largest absolute Gasteiger partial charge is 0.457 e.